The van der Waals surface area contributed by atoms with Gasteiger partial charge in [-0.15, -0.1) is 0 Å². The van der Waals surface area contributed by atoms with Crippen LogP contribution < -0.4 is 20.9 Å². The van der Waals surface area contributed by atoms with Crippen molar-refractivity contribution >= 4 is 27.3 Å². The molecule has 2 aliphatic carbocycles. The summed E-state index contributed by atoms with van der Waals surface area (Å²) in [6.45, 7) is 1.58. The van der Waals surface area contributed by atoms with Gasteiger partial charge in [0.25, 0.3) is 5.91 Å². The number of nitrogens with two attached hydrogens (primary N) is 2. The zero-order valence-electron chi connectivity index (χ0n) is 17.2. The zero-order valence-corrected chi connectivity index (χ0v) is 18.0. The Morgan fingerprint density at radius 3 is 2.50 bits per heavy atom. The normalized spacial score (nSPS) is 18.1. The van der Waals surface area contributed by atoms with Crippen molar-refractivity contribution in [2.75, 3.05) is 0 Å². The lowest BCUT2D eigenvalue weighted by molar-refractivity contribution is -0.127. The second kappa shape index (κ2) is 8.10. The van der Waals surface area contributed by atoms with Crippen molar-refractivity contribution in [2.45, 2.75) is 19.1 Å². The van der Waals surface area contributed by atoms with E-state index in [4.69, 9.17) is 21.0 Å². The van der Waals surface area contributed by atoms with E-state index in [0.717, 1.165) is 5.56 Å². The predicted octanol–water partition coefficient (Wildman–Crippen LogP) is 1.80. The molecule has 2 aliphatic rings. The fraction of sp³-hybridized carbons (Fsp3) is 0.130. The third-order valence-corrected chi connectivity index (χ3v) is 6.33. The van der Waals surface area contributed by atoms with Gasteiger partial charge in [-0.25, -0.2) is 13.6 Å². The number of benzene rings is 2. The SMILES string of the molecule is CC(Oc1cccc(C(=N)N)c1)C(=O)NC1c2ccc(-c3ccccc3)c1c2S(N)(=O)=O. The molecule has 2 bridgehead atoms. The molecule has 0 radical (unpaired) electrons. The van der Waals surface area contributed by atoms with E-state index in [-0.39, 0.29) is 10.7 Å². The summed E-state index contributed by atoms with van der Waals surface area (Å²) in [5.74, 6) is -0.137. The van der Waals surface area contributed by atoms with E-state index in [0.29, 0.717) is 28.0 Å². The topological polar surface area (TPSA) is 148 Å². The van der Waals surface area contributed by atoms with Crippen LogP contribution in [0.4, 0.5) is 0 Å². The Hall–Kier alpha value is -3.69. The molecule has 2 atom stereocenters. The van der Waals surface area contributed by atoms with Crippen molar-refractivity contribution in [2.24, 2.45) is 10.9 Å². The van der Waals surface area contributed by atoms with Crippen molar-refractivity contribution in [3.8, 4) is 5.75 Å². The van der Waals surface area contributed by atoms with Crippen LogP contribution in [0.25, 0.3) is 5.57 Å². The Morgan fingerprint density at radius 2 is 1.84 bits per heavy atom. The zero-order chi connectivity index (χ0) is 23.0. The Bertz CT molecular complexity index is 1310. The highest BCUT2D eigenvalue weighted by molar-refractivity contribution is 7.93. The molecule has 4 rings (SSSR count). The van der Waals surface area contributed by atoms with E-state index < -0.39 is 28.1 Å². The first-order valence-corrected chi connectivity index (χ1v) is 11.4. The number of amidine groups is 1. The molecule has 0 saturated heterocycles. The Morgan fingerprint density at radius 1 is 1.12 bits per heavy atom. The number of allylic oxidation sites excluding steroid dienone is 2. The van der Waals surface area contributed by atoms with E-state index in [1.54, 1.807) is 37.3 Å². The molecule has 2 aromatic rings. The average molecular weight is 451 g/mol. The van der Waals surface area contributed by atoms with Crippen molar-refractivity contribution in [3.05, 3.63) is 93.9 Å². The van der Waals surface area contributed by atoms with Gasteiger partial charge in [0.2, 0.25) is 10.0 Å². The number of hydrogen-bond donors (Lipinski definition) is 4. The summed E-state index contributed by atoms with van der Waals surface area (Å²) >= 11 is 0. The van der Waals surface area contributed by atoms with Gasteiger partial charge >= 0.3 is 0 Å². The number of primary sulfonamides is 1. The minimum Gasteiger partial charge on any atom is -0.481 e. The quantitative estimate of drug-likeness (QED) is 0.375. The summed E-state index contributed by atoms with van der Waals surface area (Å²) in [6, 6.07) is 15.3. The number of fused-ring (bicyclic) bond motifs is 2. The summed E-state index contributed by atoms with van der Waals surface area (Å²) < 4.78 is 30.1. The number of amides is 1. The van der Waals surface area contributed by atoms with Gasteiger partial charge in [0.1, 0.15) is 11.6 Å². The number of ether oxygens (including phenoxy) is 1. The lowest BCUT2D eigenvalue weighted by Crippen LogP contribution is -2.51. The molecule has 9 heteroatoms. The molecule has 0 aliphatic heterocycles. The summed E-state index contributed by atoms with van der Waals surface area (Å²) in [7, 11) is -3.96. The maximum atomic E-state index is 12.8. The van der Waals surface area contributed by atoms with Crippen LogP contribution >= 0.6 is 0 Å². The molecule has 1 amide bonds. The minimum atomic E-state index is -3.96. The van der Waals surface area contributed by atoms with Gasteiger partial charge in [-0.05, 0) is 35.8 Å². The summed E-state index contributed by atoms with van der Waals surface area (Å²) in [5.41, 5.74) is 8.41. The Kier molecular flexibility index (Phi) is 5.45. The number of carbonyl (C=O) groups is 1. The van der Waals surface area contributed by atoms with Crippen LogP contribution in [-0.2, 0) is 14.8 Å². The molecule has 0 saturated carbocycles. The van der Waals surface area contributed by atoms with Crippen molar-refractivity contribution in [3.63, 3.8) is 0 Å². The van der Waals surface area contributed by atoms with Crippen molar-refractivity contribution in [1.29, 1.82) is 5.41 Å². The molecule has 0 fully saturated rings. The number of rotatable bonds is 7. The first kappa shape index (κ1) is 21.5. The second-order valence-corrected chi connectivity index (χ2v) is 9.00. The third-order valence-electron chi connectivity index (χ3n) is 5.31. The maximum absolute atomic E-state index is 12.8. The third kappa shape index (κ3) is 3.95. The van der Waals surface area contributed by atoms with Gasteiger partial charge in [-0.3, -0.25) is 10.2 Å². The van der Waals surface area contributed by atoms with Crippen molar-refractivity contribution < 1.29 is 17.9 Å². The molecule has 2 unspecified atom stereocenters. The smallest absolute Gasteiger partial charge is 0.261 e. The standard InChI is InChI=1S/C23H22N4O4S/c1-13(31-16-9-5-8-15(12-16)22(24)25)23(28)27-20-18-11-10-17(14-6-3-2-4-7-14)19(20)21(18)32(26,29)30/h2-13,20H,1H3,(H3,24,25)(H,27,28)(H2,26,29,30). The molecule has 2 aromatic carbocycles. The molecule has 0 aromatic heterocycles. The highest BCUT2D eigenvalue weighted by atomic mass is 32.2. The Balaban J connectivity index is 1.56. The van der Waals surface area contributed by atoms with Crippen LogP contribution in [0.5, 0.6) is 5.75 Å². The molecule has 0 spiro atoms. The molecule has 0 heterocycles. The summed E-state index contributed by atoms with van der Waals surface area (Å²) in [5, 5.41) is 15.8. The molecular formula is C23H22N4O4S. The monoisotopic (exact) mass is 450 g/mol. The molecular weight excluding hydrogens is 428 g/mol. The lowest BCUT2D eigenvalue weighted by Gasteiger charge is -2.40. The van der Waals surface area contributed by atoms with Gasteiger partial charge < -0.3 is 15.8 Å². The highest BCUT2D eigenvalue weighted by Crippen LogP contribution is 2.47. The number of carbonyl (C=O) groups excluding carboxylic acids is 1. The van der Waals surface area contributed by atoms with Crippen molar-refractivity contribution in [1.82, 2.24) is 5.32 Å². The fourth-order valence-electron chi connectivity index (χ4n) is 3.80. The number of hydrogen-bond acceptors (Lipinski definition) is 5. The first-order valence-electron chi connectivity index (χ1n) is 9.83. The van der Waals surface area contributed by atoms with Crippen LogP contribution in [0.3, 0.4) is 0 Å². The van der Waals surface area contributed by atoms with E-state index >= 15 is 0 Å². The van der Waals surface area contributed by atoms with Gasteiger partial charge in [-0.2, -0.15) is 0 Å². The van der Waals surface area contributed by atoms with Gasteiger partial charge in [0.15, 0.2) is 6.10 Å². The van der Waals surface area contributed by atoms with E-state index in [1.807, 2.05) is 36.4 Å². The van der Waals surface area contributed by atoms with Crippen LogP contribution in [0.1, 0.15) is 18.1 Å². The van der Waals surface area contributed by atoms with Gasteiger partial charge in [0, 0.05) is 11.1 Å². The highest BCUT2D eigenvalue weighted by Gasteiger charge is 2.45. The largest absolute Gasteiger partial charge is 0.481 e. The van der Waals surface area contributed by atoms with E-state index in [1.165, 1.54) is 0 Å². The molecule has 32 heavy (non-hydrogen) atoms. The maximum Gasteiger partial charge on any atom is 0.261 e. The van der Waals surface area contributed by atoms with E-state index in [9.17, 15) is 13.2 Å². The summed E-state index contributed by atoms with van der Waals surface area (Å²) in [4.78, 5) is 12.9. The lowest BCUT2D eigenvalue weighted by atomic mass is 9.74. The minimum absolute atomic E-state index is 0.0480. The van der Waals surface area contributed by atoms with Crippen LogP contribution in [0, 0.1) is 5.41 Å². The first-order chi connectivity index (χ1) is 15.2. The number of nitrogens with one attached hydrogen (secondary N) is 2. The fourth-order valence-corrected chi connectivity index (χ4v) is 4.85. The molecule has 8 nitrogen and oxygen atoms in total. The summed E-state index contributed by atoms with van der Waals surface area (Å²) in [6.07, 6.45) is 2.62. The van der Waals surface area contributed by atoms with Crippen LogP contribution in [0.2, 0.25) is 0 Å². The van der Waals surface area contributed by atoms with Gasteiger partial charge in [-0.1, -0.05) is 54.6 Å². The average Bonchev–Trinajstić information content (AvgIpc) is 2.76. The second-order valence-electron chi connectivity index (χ2n) is 7.50. The van der Waals surface area contributed by atoms with Crippen LogP contribution in [-0.4, -0.2) is 32.3 Å². The molecule has 164 valence electrons. The number of nitrogen functional groups attached to an aromatic ring is 1. The Labute approximate surface area is 185 Å². The number of sulfonamides is 1. The van der Waals surface area contributed by atoms with E-state index in [2.05, 4.69) is 5.32 Å². The predicted molar refractivity (Wildman–Crippen MR) is 122 cm³/mol. The van der Waals surface area contributed by atoms with Gasteiger partial charge in [0.05, 0.1) is 10.9 Å². The van der Waals surface area contributed by atoms with Crippen LogP contribution in [0.15, 0.2) is 82.8 Å². The molecule has 6 N–H and O–H groups in total.